The maximum atomic E-state index is 14.1. The largest absolute Gasteiger partial charge is 0.479 e. The number of hydrogen-bond donors (Lipinski definition) is 9. The van der Waals surface area contributed by atoms with E-state index in [4.69, 9.17) is 39.1 Å². The third kappa shape index (κ3) is 14.5. The second-order valence-corrected chi connectivity index (χ2v) is 21.7. The number of aliphatic hydroxyl groups excluding tert-OH is 3. The van der Waals surface area contributed by atoms with Crippen LogP contribution >= 0.6 is 0 Å². The number of ketones is 1. The molecule has 9 atom stereocenters. The number of nitrogens with one attached hydrogen (secondary N) is 3. The first-order valence-corrected chi connectivity index (χ1v) is 27.9. The van der Waals surface area contributed by atoms with Crippen molar-refractivity contribution < 1.29 is 87.5 Å². The molecular weight excluding hydrogens is 1100 g/mol. The van der Waals surface area contributed by atoms with Crippen LogP contribution in [0.5, 0.6) is 5.75 Å². The maximum Gasteiger partial charge on any atom is 0.410 e. The Morgan fingerprint density at radius 1 is 0.905 bits per heavy atom. The van der Waals surface area contributed by atoms with Gasteiger partial charge in [-0.05, 0) is 74.9 Å². The fraction of sp³-hybridized carbons (Fsp3) is 0.534. The Kier molecular flexibility index (Phi) is 21.4. The molecule has 3 aliphatic heterocycles. The number of aliphatic hydroxyl groups is 4. The van der Waals surface area contributed by atoms with Crippen LogP contribution in [0.1, 0.15) is 95.5 Å². The van der Waals surface area contributed by atoms with Gasteiger partial charge in [-0.3, -0.25) is 24.0 Å². The van der Waals surface area contributed by atoms with Gasteiger partial charge in [-0.25, -0.2) is 19.4 Å². The molecule has 0 unspecified atom stereocenters. The summed E-state index contributed by atoms with van der Waals surface area (Å²) in [5.41, 5.74) is 6.69. The number of rotatable bonds is 27. The topological polar surface area (TPSA) is 376 Å². The number of para-hydroxylation sites is 1. The van der Waals surface area contributed by atoms with Gasteiger partial charge in [0.2, 0.25) is 24.0 Å². The Labute approximate surface area is 483 Å². The summed E-state index contributed by atoms with van der Waals surface area (Å²) < 4.78 is 34.9. The SMILES string of the molecule is CC[C@@]1(O)C(=O)OCc2c1cc1n(c2=O)Cc2c-1nc1ccccc1c2CCN(C(=O)OCc1ccc(NC(=O)[C@H](C)CC(=O)[C@@H](NC(=O)CCOCCOCCNC(=O)[C@H](C)N)C(C)C)c(O[C@@H]2O[C@H](C(=O)O)[C@@H](O)[C@H](O)[C@H]2O)c1)C(C)C. The fourth-order valence-corrected chi connectivity index (χ4v) is 10.1. The molecular formula is C58H75N7O19. The number of ether oxygens (including phenoxy) is 6. The fourth-order valence-electron chi connectivity index (χ4n) is 10.1. The molecule has 5 heterocycles. The van der Waals surface area contributed by atoms with Crippen molar-refractivity contribution in [1.29, 1.82) is 0 Å². The minimum Gasteiger partial charge on any atom is -0.479 e. The summed E-state index contributed by atoms with van der Waals surface area (Å²) in [5, 5.41) is 61.9. The van der Waals surface area contributed by atoms with Gasteiger partial charge in [0.15, 0.2) is 17.5 Å². The summed E-state index contributed by atoms with van der Waals surface area (Å²) in [4.78, 5) is 111. The van der Waals surface area contributed by atoms with E-state index in [1.807, 2.05) is 24.3 Å². The zero-order valence-corrected chi connectivity index (χ0v) is 48.0. The lowest BCUT2D eigenvalue weighted by Crippen LogP contribution is -2.61. The van der Waals surface area contributed by atoms with Gasteiger partial charge in [-0.1, -0.05) is 52.0 Å². The standard InChI is InChI=1S/C58H75N7O19/c1-8-58(78)38-25-41-46-36(26-65(41)53(73)37(38)28-81-56(58)76)34(35-11-9-10-12-39(35)61-46)15-18-64(30(4)5)57(77)82-27-33-13-14-40(43(24-33)83-55-49(70)47(68)48(69)50(84-55)54(74)75)62-51(71)31(6)23-42(66)45(29(2)3)63-44(67)16-19-79-21-22-80-20-17-60-52(72)32(7)59/h9-14,24-25,29-32,45,47-50,55,68-70,78H,8,15-23,26-28,59H2,1-7H3,(H,60,72)(H,62,71)(H,63,67)(H,74,75)/t31-,32+,45+,47+,48+,49-,50+,55-,58+/m1/s1. The van der Waals surface area contributed by atoms with Gasteiger partial charge in [0.1, 0.15) is 37.3 Å². The molecule has 1 saturated heterocycles. The summed E-state index contributed by atoms with van der Waals surface area (Å²) in [7, 11) is 0. The van der Waals surface area contributed by atoms with Gasteiger partial charge in [0.25, 0.3) is 5.56 Å². The van der Waals surface area contributed by atoms with Crippen LogP contribution in [0.4, 0.5) is 10.5 Å². The summed E-state index contributed by atoms with van der Waals surface area (Å²) in [6.45, 7) is 12.2. The van der Waals surface area contributed by atoms with Crippen LogP contribution in [0.25, 0.3) is 22.3 Å². The third-order valence-corrected chi connectivity index (χ3v) is 15.0. The quantitative estimate of drug-likeness (QED) is 0.0266. The van der Waals surface area contributed by atoms with E-state index in [2.05, 4.69) is 16.0 Å². The number of esters is 1. The van der Waals surface area contributed by atoms with Gasteiger partial charge < -0.3 is 85.1 Å². The van der Waals surface area contributed by atoms with E-state index >= 15 is 0 Å². The number of fused-ring (bicyclic) bond motifs is 5. The number of nitrogens with two attached hydrogens (primary N) is 1. The number of aliphatic carboxylic acids is 1. The Morgan fingerprint density at radius 3 is 2.30 bits per heavy atom. The number of carboxylic acids is 1. The van der Waals surface area contributed by atoms with Gasteiger partial charge in [0.05, 0.1) is 73.2 Å². The summed E-state index contributed by atoms with van der Waals surface area (Å²) >= 11 is 0. The number of carboxylic acid groups (broad SMARTS) is 1. The molecule has 26 heteroatoms. The molecule has 84 heavy (non-hydrogen) atoms. The van der Waals surface area contributed by atoms with Crippen molar-refractivity contribution >= 4 is 58.1 Å². The first-order chi connectivity index (χ1) is 39.9. The average Bonchev–Trinajstić information content (AvgIpc) is 2.78. The number of amides is 4. The minimum absolute atomic E-state index is 0.0223. The number of pyridine rings is 2. The molecule has 0 radical (unpaired) electrons. The van der Waals surface area contributed by atoms with Crippen LogP contribution in [-0.2, 0) is 84.2 Å². The zero-order valence-electron chi connectivity index (χ0n) is 48.0. The van der Waals surface area contributed by atoms with Crippen LogP contribution in [0.3, 0.4) is 0 Å². The smallest absolute Gasteiger partial charge is 0.410 e. The van der Waals surface area contributed by atoms with Gasteiger partial charge >= 0.3 is 18.0 Å². The second kappa shape index (κ2) is 28.0. The molecule has 1 fully saturated rings. The Hall–Kier alpha value is -7.43. The van der Waals surface area contributed by atoms with E-state index in [-0.39, 0.29) is 118 Å². The normalized spacial score (nSPS) is 20.9. The monoisotopic (exact) mass is 1170 g/mol. The van der Waals surface area contributed by atoms with E-state index in [1.54, 1.807) is 52.2 Å². The molecule has 3 aliphatic rings. The number of benzene rings is 2. The van der Waals surface area contributed by atoms with Crippen molar-refractivity contribution in [3.05, 3.63) is 86.7 Å². The lowest BCUT2D eigenvalue weighted by atomic mass is 9.86. The molecule has 2 aromatic carbocycles. The molecule has 10 N–H and O–H groups in total. The minimum atomic E-state index is -2.04. The lowest BCUT2D eigenvalue weighted by molar-refractivity contribution is -0.271. The number of hydrogen-bond acceptors (Lipinski definition) is 20. The Balaban J connectivity index is 1.03. The van der Waals surface area contributed by atoms with Crippen molar-refractivity contribution in [3.8, 4) is 17.1 Å². The molecule has 0 spiro atoms. The van der Waals surface area contributed by atoms with Gasteiger partial charge in [0, 0.05) is 54.4 Å². The Morgan fingerprint density at radius 2 is 1.62 bits per heavy atom. The average molecular weight is 1170 g/mol. The number of nitrogens with zero attached hydrogens (tertiary/aromatic N) is 3. The lowest BCUT2D eigenvalue weighted by Gasteiger charge is -2.38. The molecule has 456 valence electrons. The molecule has 2 aromatic heterocycles. The Bertz CT molecular complexity index is 3170. The summed E-state index contributed by atoms with van der Waals surface area (Å²) in [6, 6.07) is 11.2. The second-order valence-electron chi connectivity index (χ2n) is 21.7. The summed E-state index contributed by atoms with van der Waals surface area (Å²) in [6.07, 6.45) is -10.9. The number of cyclic esters (lactones) is 1. The van der Waals surface area contributed by atoms with E-state index in [0.29, 0.717) is 16.9 Å². The first kappa shape index (κ1) is 64.1. The van der Waals surface area contributed by atoms with Crippen LogP contribution in [0.2, 0.25) is 0 Å². The van der Waals surface area contributed by atoms with Crippen LogP contribution in [-0.4, -0.2) is 170 Å². The van der Waals surface area contributed by atoms with Crippen LogP contribution < -0.4 is 32.0 Å². The van der Waals surface area contributed by atoms with Gasteiger partial charge in [-0.2, -0.15) is 0 Å². The highest BCUT2D eigenvalue weighted by Gasteiger charge is 2.49. The van der Waals surface area contributed by atoms with Crippen molar-refractivity contribution in [2.24, 2.45) is 17.6 Å². The van der Waals surface area contributed by atoms with Crippen LogP contribution in [0, 0.1) is 11.8 Å². The molecule has 0 aliphatic carbocycles. The number of carbonyl (C=O) groups is 7. The van der Waals surface area contributed by atoms with E-state index < -0.39 is 108 Å². The number of anilines is 1. The molecule has 0 saturated carbocycles. The molecule has 7 rings (SSSR count). The molecule has 26 nitrogen and oxygen atoms in total. The van der Waals surface area contributed by atoms with E-state index in [1.165, 1.54) is 30.0 Å². The maximum absolute atomic E-state index is 14.1. The number of carbonyl (C=O) groups excluding carboxylic acids is 6. The van der Waals surface area contributed by atoms with Gasteiger partial charge in [-0.15, -0.1) is 0 Å². The van der Waals surface area contributed by atoms with Crippen molar-refractivity contribution in [2.45, 2.75) is 148 Å². The predicted octanol–water partition coefficient (Wildman–Crippen LogP) is 1.50. The van der Waals surface area contributed by atoms with Crippen LogP contribution in [0.15, 0.2) is 53.3 Å². The zero-order chi connectivity index (χ0) is 61.3. The van der Waals surface area contributed by atoms with E-state index in [0.717, 1.165) is 16.5 Å². The highest BCUT2D eigenvalue weighted by atomic mass is 16.7. The molecule has 4 aromatic rings. The number of Topliss-reactive ketones (excluding diaryl/α,β-unsaturated/α-hetero) is 1. The first-order valence-electron chi connectivity index (χ1n) is 27.9. The van der Waals surface area contributed by atoms with E-state index in [9.17, 15) is 63.9 Å². The molecule has 0 bridgehead atoms. The number of aromatic nitrogens is 2. The van der Waals surface area contributed by atoms with Crippen molar-refractivity contribution in [2.75, 3.05) is 44.8 Å². The highest BCUT2D eigenvalue weighted by Crippen LogP contribution is 2.41. The third-order valence-electron chi connectivity index (χ3n) is 15.0. The highest BCUT2D eigenvalue weighted by molar-refractivity contribution is 5.98. The predicted molar refractivity (Wildman–Crippen MR) is 299 cm³/mol. The summed E-state index contributed by atoms with van der Waals surface area (Å²) in [5.74, 6) is -6.04. The van der Waals surface area contributed by atoms with Crippen molar-refractivity contribution in [1.82, 2.24) is 25.1 Å². The molecule has 4 amide bonds. The van der Waals surface area contributed by atoms with Crippen molar-refractivity contribution in [3.63, 3.8) is 0 Å².